The molecule has 1 aliphatic rings. The molecule has 0 saturated heterocycles. The molecular weight excluding hydrogens is 244 g/mol. The highest BCUT2D eigenvalue weighted by Gasteiger charge is 2.39. The topological polar surface area (TPSA) is 53.6 Å². The second-order valence-electron chi connectivity index (χ2n) is 4.95. The van der Waals surface area contributed by atoms with Crippen LogP contribution in [0.15, 0.2) is 11.1 Å². The first-order chi connectivity index (χ1) is 8.58. The van der Waals surface area contributed by atoms with Gasteiger partial charge in [0, 0.05) is 12.3 Å². The summed E-state index contributed by atoms with van der Waals surface area (Å²) in [5.74, 6) is 0. The van der Waals surface area contributed by atoms with E-state index in [1.807, 2.05) is 30.4 Å². The number of aromatic nitrogens is 2. The zero-order valence-corrected chi connectivity index (χ0v) is 12.0. The highest BCUT2D eigenvalue weighted by molar-refractivity contribution is 7.99. The number of hydrogen-bond acceptors (Lipinski definition) is 4. The molecule has 1 fully saturated rings. The lowest BCUT2D eigenvalue weighted by atomic mass is 10.0. The monoisotopic (exact) mass is 264 g/mol. The van der Waals surface area contributed by atoms with E-state index < -0.39 is 0 Å². The van der Waals surface area contributed by atoms with Gasteiger partial charge < -0.3 is 0 Å². The Bertz CT molecular complexity index is 462. The number of nitrogens with one attached hydrogen (secondary N) is 1. The van der Waals surface area contributed by atoms with Crippen molar-refractivity contribution in [3.63, 3.8) is 0 Å². The molecule has 0 aromatic carbocycles. The maximum Gasteiger partial charge on any atom is 0.107 e. The van der Waals surface area contributed by atoms with Crippen molar-refractivity contribution in [2.45, 2.75) is 48.9 Å². The molecule has 5 heteroatoms. The Morgan fingerprint density at radius 3 is 3.06 bits per heavy atom. The summed E-state index contributed by atoms with van der Waals surface area (Å²) in [4.78, 5) is 0. The van der Waals surface area contributed by atoms with E-state index in [1.165, 1.54) is 5.03 Å². The summed E-state index contributed by atoms with van der Waals surface area (Å²) >= 11 is 1.85. The number of nitriles is 1. The molecule has 1 heterocycles. The quantitative estimate of drug-likeness (QED) is 0.906. The Balaban J connectivity index is 2.01. The van der Waals surface area contributed by atoms with E-state index in [1.54, 1.807) is 0 Å². The zero-order chi connectivity index (χ0) is 13.2. The van der Waals surface area contributed by atoms with E-state index in [9.17, 15) is 5.26 Å². The SMILES string of the molecule is CCNC1(C#N)CCC(Sc2cc(C)nn2C)C1. The summed E-state index contributed by atoms with van der Waals surface area (Å²) in [5, 5.41) is 18.8. The van der Waals surface area contributed by atoms with Gasteiger partial charge in [0.25, 0.3) is 0 Å². The highest BCUT2D eigenvalue weighted by Crippen LogP contribution is 2.39. The first-order valence-electron chi connectivity index (χ1n) is 6.42. The fourth-order valence-electron chi connectivity index (χ4n) is 2.61. The van der Waals surface area contributed by atoms with Gasteiger partial charge in [-0.15, -0.1) is 11.8 Å². The van der Waals surface area contributed by atoms with Gasteiger partial charge in [-0.05, 0) is 38.8 Å². The summed E-state index contributed by atoms with van der Waals surface area (Å²) in [5.41, 5.74) is 0.747. The molecule has 2 atom stereocenters. The largest absolute Gasteiger partial charge is 0.300 e. The standard InChI is InChI=1S/C13H20N4S/c1-4-15-13(9-14)6-5-11(8-13)18-12-7-10(2)16-17(12)3/h7,11,15H,4-6,8H2,1-3H3. The van der Waals surface area contributed by atoms with Gasteiger partial charge in [-0.25, -0.2) is 0 Å². The Hall–Kier alpha value is -0.990. The molecule has 2 unspecified atom stereocenters. The van der Waals surface area contributed by atoms with Crippen LogP contribution >= 0.6 is 11.8 Å². The third-order valence-electron chi connectivity index (χ3n) is 3.44. The predicted octanol–water partition coefficient (Wildman–Crippen LogP) is 2.25. The van der Waals surface area contributed by atoms with Crippen LogP contribution in [-0.2, 0) is 7.05 Å². The van der Waals surface area contributed by atoms with Crippen molar-refractivity contribution in [3.05, 3.63) is 11.8 Å². The molecule has 2 rings (SSSR count). The van der Waals surface area contributed by atoms with Gasteiger partial charge in [0.15, 0.2) is 0 Å². The number of hydrogen-bond donors (Lipinski definition) is 1. The molecule has 98 valence electrons. The number of nitrogens with zero attached hydrogens (tertiary/aromatic N) is 3. The van der Waals surface area contributed by atoms with Crippen LogP contribution in [0.2, 0.25) is 0 Å². The van der Waals surface area contributed by atoms with Gasteiger partial charge in [0.05, 0.1) is 16.8 Å². The number of aryl methyl sites for hydroxylation is 2. The van der Waals surface area contributed by atoms with Gasteiger partial charge >= 0.3 is 0 Å². The van der Waals surface area contributed by atoms with Gasteiger partial charge in [-0.3, -0.25) is 10.00 Å². The first-order valence-corrected chi connectivity index (χ1v) is 7.30. The van der Waals surface area contributed by atoms with Crippen molar-refractivity contribution < 1.29 is 0 Å². The van der Waals surface area contributed by atoms with E-state index >= 15 is 0 Å². The minimum absolute atomic E-state index is 0.306. The smallest absolute Gasteiger partial charge is 0.107 e. The lowest BCUT2D eigenvalue weighted by Gasteiger charge is -2.21. The summed E-state index contributed by atoms with van der Waals surface area (Å²) in [7, 11) is 1.98. The molecule has 1 aromatic rings. The van der Waals surface area contributed by atoms with Crippen LogP contribution in [0.4, 0.5) is 0 Å². The van der Waals surface area contributed by atoms with Crippen LogP contribution in [-0.4, -0.2) is 27.1 Å². The first kappa shape index (κ1) is 13.4. The van der Waals surface area contributed by atoms with E-state index in [0.717, 1.165) is 31.5 Å². The summed E-state index contributed by atoms with van der Waals surface area (Å²) < 4.78 is 1.93. The molecule has 0 radical (unpaired) electrons. The summed E-state index contributed by atoms with van der Waals surface area (Å²) in [6.45, 7) is 4.93. The van der Waals surface area contributed by atoms with Gasteiger partial charge in [-0.1, -0.05) is 6.92 Å². The third-order valence-corrected chi connectivity index (χ3v) is 4.80. The van der Waals surface area contributed by atoms with Crippen LogP contribution in [0.1, 0.15) is 31.9 Å². The molecule has 1 saturated carbocycles. The van der Waals surface area contributed by atoms with Crippen LogP contribution in [0.25, 0.3) is 0 Å². The van der Waals surface area contributed by atoms with Crippen molar-refractivity contribution in [1.29, 1.82) is 5.26 Å². The molecule has 18 heavy (non-hydrogen) atoms. The predicted molar refractivity (Wildman–Crippen MR) is 73.5 cm³/mol. The lowest BCUT2D eigenvalue weighted by molar-refractivity contribution is 0.436. The minimum Gasteiger partial charge on any atom is -0.300 e. The minimum atomic E-state index is -0.306. The normalized spacial score (nSPS) is 27.3. The molecule has 0 aliphatic heterocycles. The summed E-state index contributed by atoms with van der Waals surface area (Å²) in [6.07, 6.45) is 2.97. The van der Waals surface area contributed by atoms with Gasteiger partial charge in [0.1, 0.15) is 5.54 Å². The maximum absolute atomic E-state index is 9.35. The van der Waals surface area contributed by atoms with Gasteiger partial charge in [0.2, 0.25) is 0 Å². The molecule has 1 aromatic heterocycles. The Labute approximate surface area is 113 Å². The van der Waals surface area contributed by atoms with E-state index in [4.69, 9.17) is 0 Å². The van der Waals surface area contributed by atoms with E-state index in [-0.39, 0.29) is 5.54 Å². The van der Waals surface area contributed by atoms with Crippen molar-refractivity contribution >= 4 is 11.8 Å². The molecular formula is C13H20N4S. The average Bonchev–Trinajstić information content (AvgIpc) is 2.86. The fraction of sp³-hybridized carbons (Fsp3) is 0.692. The number of thioether (sulfide) groups is 1. The molecule has 1 aliphatic carbocycles. The van der Waals surface area contributed by atoms with Crippen molar-refractivity contribution in [1.82, 2.24) is 15.1 Å². The fourth-order valence-corrected chi connectivity index (χ4v) is 3.99. The van der Waals surface area contributed by atoms with Crippen LogP contribution < -0.4 is 5.32 Å². The second kappa shape index (κ2) is 5.33. The van der Waals surface area contributed by atoms with Crippen molar-refractivity contribution in [2.75, 3.05) is 6.54 Å². The Morgan fingerprint density at radius 2 is 2.50 bits per heavy atom. The highest BCUT2D eigenvalue weighted by atomic mass is 32.2. The maximum atomic E-state index is 9.35. The van der Waals surface area contributed by atoms with Crippen LogP contribution in [0.3, 0.4) is 0 Å². The lowest BCUT2D eigenvalue weighted by Crippen LogP contribution is -2.41. The molecule has 0 bridgehead atoms. The summed E-state index contributed by atoms with van der Waals surface area (Å²) in [6, 6.07) is 4.58. The van der Waals surface area contributed by atoms with Crippen molar-refractivity contribution in [3.8, 4) is 6.07 Å². The van der Waals surface area contributed by atoms with Crippen LogP contribution in [0, 0.1) is 18.3 Å². The third kappa shape index (κ3) is 2.70. The molecule has 0 amide bonds. The second-order valence-corrected chi connectivity index (χ2v) is 6.28. The van der Waals surface area contributed by atoms with E-state index in [0.29, 0.717) is 5.25 Å². The molecule has 1 N–H and O–H groups in total. The number of rotatable bonds is 4. The van der Waals surface area contributed by atoms with Crippen LogP contribution in [0.5, 0.6) is 0 Å². The van der Waals surface area contributed by atoms with Gasteiger partial charge in [-0.2, -0.15) is 10.4 Å². The Kier molecular flexibility index (Phi) is 3.98. The zero-order valence-electron chi connectivity index (χ0n) is 11.2. The van der Waals surface area contributed by atoms with Crippen molar-refractivity contribution in [2.24, 2.45) is 7.05 Å². The average molecular weight is 264 g/mol. The Morgan fingerprint density at radius 1 is 1.72 bits per heavy atom. The molecule has 4 nitrogen and oxygen atoms in total. The molecule has 0 spiro atoms. The van der Waals surface area contributed by atoms with E-state index in [2.05, 4.69) is 29.5 Å².